The number of anilines is 1. The van der Waals surface area contributed by atoms with Gasteiger partial charge in [0.1, 0.15) is 11.5 Å². The van der Waals surface area contributed by atoms with Gasteiger partial charge in [0, 0.05) is 25.1 Å². The molecule has 1 saturated heterocycles. The normalized spacial score (nSPS) is 16.8. The molecule has 1 aliphatic heterocycles. The van der Waals surface area contributed by atoms with Crippen molar-refractivity contribution >= 4 is 17.5 Å². The van der Waals surface area contributed by atoms with Gasteiger partial charge in [-0.05, 0) is 41.8 Å². The summed E-state index contributed by atoms with van der Waals surface area (Å²) in [5.41, 5.74) is 2.30. The summed E-state index contributed by atoms with van der Waals surface area (Å²) in [5, 5.41) is 3.07. The van der Waals surface area contributed by atoms with Gasteiger partial charge in [0.25, 0.3) is 0 Å². The van der Waals surface area contributed by atoms with E-state index >= 15 is 0 Å². The summed E-state index contributed by atoms with van der Waals surface area (Å²) in [5.74, 6) is 1.92. The van der Waals surface area contributed by atoms with Crippen LogP contribution in [0, 0.1) is 5.92 Å². The highest BCUT2D eigenvalue weighted by molar-refractivity contribution is 5.98. The Bertz CT molecular complexity index is 1270. The average molecular weight is 535 g/mol. The van der Waals surface area contributed by atoms with E-state index in [1.165, 1.54) is 21.3 Å². The van der Waals surface area contributed by atoms with Gasteiger partial charge in [0.05, 0.1) is 53.2 Å². The van der Waals surface area contributed by atoms with Gasteiger partial charge in [0.15, 0.2) is 11.5 Å². The van der Waals surface area contributed by atoms with Crippen LogP contribution in [-0.4, -0.2) is 47.4 Å². The SMILES string of the molecule is COc1ccc(CNC(=O)C2CCC(=O)N(c3cc(OC)c(OC)c(OC)c3)C2c2ccc(OC)cc2)cc1. The Balaban J connectivity index is 1.72. The molecule has 1 fully saturated rings. The molecule has 3 aromatic rings. The molecule has 9 nitrogen and oxygen atoms in total. The van der Waals surface area contributed by atoms with E-state index in [4.69, 9.17) is 23.7 Å². The van der Waals surface area contributed by atoms with Crippen molar-refractivity contribution in [3.8, 4) is 28.7 Å². The minimum Gasteiger partial charge on any atom is -0.497 e. The lowest BCUT2D eigenvalue weighted by Crippen LogP contribution is -2.48. The molecule has 0 aromatic heterocycles. The average Bonchev–Trinajstić information content (AvgIpc) is 2.99. The number of nitrogens with zero attached hydrogens (tertiary/aromatic N) is 1. The van der Waals surface area contributed by atoms with Crippen LogP contribution in [-0.2, 0) is 16.1 Å². The van der Waals surface area contributed by atoms with Crippen molar-refractivity contribution in [1.29, 1.82) is 0 Å². The van der Waals surface area contributed by atoms with Gasteiger partial charge in [0.2, 0.25) is 17.6 Å². The van der Waals surface area contributed by atoms with Crippen LogP contribution in [0.15, 0.2) is 60.7 Å². The van der Waals surface area contributed by atoms with E-state index in [1.54, 1.807) is 31.3 Å². The number of methoxy groups -OCH3 is 5. The molecule has 39 heavy (non-hydrogen) atoms. The second-order valence-corrected chi connectivity index (χ2v) is 9.08. The van der Waals surface area contributed by atoms with Crippen molar-refractivity contribution in [2.75, 3.05) is 40.4 Å². The van der Waals surface area contributed by atoms with Crippen LogP contribution < -0.4 is 33.9 Å². The molecule has 0 saturated carbocycles. The number of piperidine rings is 1. The van der Waals surface area contributed by atoms with Crippen LogP contribution in [0.3, 0.4) is 0 Å². The first kappa shape index (κ1) is 27.6. The number of benzene rings is 3. The Labute approximate surface area is 228 Å². The molecular weight excluding hydrogens is 500 g/mol. The summed E-state index contributed by atoms with van der Waals surface area (Å²) in [7, 11) is 7.78. The largest absolute Gasteiger partial charge is 0.497 e. The molecule has 0 bridgehead atoms. The molecule has 206 valence electrons. The van der Waals surface area contributed by atoms with Crippen LogP contribution >= 0.6 is 0 Å². The van der Waals surface area contributed by atoms with Crippen LogP contribution in [0.4, 0.5) is 5.69 Å². The van der Waals surface area contributed by atoms with Crippen LogP contribution in [0.2, 0.25) is 0 Å². The van der Waals surface area contributed by atoms with E-state index in [0.29, 0.717) is 41.7 Å². The predicted octanol–water partition coefficient (Wildman–Crippen LogP) is 4.53. The lowest BCUT2D eigenvalue weighted by Gasteiger charge is -2.41. The highest BCUT2D eigenvalue weighted by atomic mass is 16.5. The summed E-state index contributed by atoms with van der Waals surface area (Å²) in [6.45, 7) is 0.354. The van der Waals surface area contributed by atoms with Gasteiger partial charge in [-0.1, -0.05) is 24.3 Å². The van der Waals surface area contributed by atoms with E-state index in [0.717, 1.165) is 16.9 Å². The van der Waals surface area contributed by atoms with Crippen molar-refractivity contribution in [2.24, 2.45) is 5.92 Å². The third kappa shape index (κ3) is 5.87. The van der Waals surface area contributed by atoms with E-state index in [1.807, 2.05) is 48.5 Å². The zero-order valence-corrected chi connectivity index (χ0v) is 22.9. The lowest BCUT2D eigenvalue weighted by atomic mass is 9.83. The molecular formula is C30H34N2O7. The summed E-state index contributed by atoms with van der Waals surface area (Å²) >= 11 is 0. The molecule has 3 aromatic carbocycles. The Morgan fingerprint density at radius 3 is 1.90 bits per heavy atom. The first-order valence-corrected chi connectivity index (χ1v) is 12.6. The van der Waals surface area contributed by atoms with E-state index in [9.17, 15) is 9.59 Å². The maximum absolute atomic E-state index is 13.7. The van der Waals surface area contributed by atoms with Crippen molar-refractivity contribution < 1.29 is 33.3 Å². The summed E-state index contributed by atoms with van der Waals surface area (Å²) in [6, 6.07) is 17.8. The molecule has 1 aliphatic rings. The number of rotatable bonds is 10. The van der Waals surface area contributed by atoms with Crippen LogP contribution in [0.25, 0.3) is 0 Å². The van der Waals surface area contributed by atoms with Crippen molar-refractivity contribution in [2.45, 2.75) is 25.4 Å². The van der Waals surface area contributed by atoms with E-state index < -0.39 is 12.0 Å². The predicted molar refractivity (Wildman–Crippen MR) is 147 cm³/mol. The maximum Gasteiger partial charge on any atom is 0.227 e. The Morgan fingerprint density at radius 1 is 0.821 bits per heavy atom. The number of hydrogen-bond acceptors (Lipinski definition) is 7. The minimum atomic E-state index is -0.573. The van der Waals surface area contributed by atoms with Gasteiger partial charge in [-0.15, -0.1) is 0 Å². The van der Waals surface area contributed by atoms with Gasteiger partial charge in [-0.3, -0.25) is 9.59 Å². The van der Waals surface area contributed by atoms with Gasteiger partial charge in [-0.25, -0.2) is 0 Å². The number of ether oxygens (including phenoxy) is 5. The van der Waals surface area contributed by atoms with Crippen molar-refractivity contribution in [1.82, 2.24) is 5.32 Å². The molecule has 0 spiro atoms. The third-order valence-electron chi connectivity index (χ3n) is 6.94. The van der Waals surface area contributed by atoms with Gasteiger partial charge in [-0.2, -0.15) is 0 Å². The smallest absolute Gasteiger partial charge is 0.227 e. The molecule has 2 atom stereocenters. The molecule has 0 aliphatic carbocycles. The van der Waals surface area contributed by atoms with Crippen LogP contribution in [0.1, 0.15) is 30.0 Å². The van der Waals surface area contributed by atoms with Gasteiger partial charge >= 0.3 is 0 Å². The molecule has 1 N–H and O–H groups in total. The summed E-state index contributed by atoms with van der Waals surface area (Å²) < 4.78 is 27.1. The highest BCUT2D eigenvalue weighted by Crippen LogP contribution is 2.46. The molecule has 0 radical (unpaired) electrons. The number of nitrogens with one attached hydrogen (secondary N) is 1. The van der Waals surface area contributed by atoms with Crippen LogP contribution in [0.5, 0.6) is 28.7 Å². The molecule has 9 heteroatoms. The minimum absolute atomic E-state index is 0.107. The second-order valence-electron chi connectivity index (χ2n) is 9.08. The summed E-state index contributed by atoms with van der Waals surface area (Å²) in [6.07, 6.45) is 0.620. The zero-order chi connectivity index (χ0) is 27.9. The number of carbonyl (C=O) groups excluding carboxylic acids is 2. The van der Waals surface area contributed by atoms with E-state index in [2.05, 4.69) is 5.32 Å². The third-order valence-corrected chi connectivity index (χ3v) is 6.94. The first-order chi connectivity index (χ1) is 18.9. The standard InChI is InChI=1S/C30H34N2O7/c1-35-22-10-6-19(7-11-22)18-31-30(34)24-14-15-27(33)32(28(24)20-8-12-23(36-2)13-9-20)21-16-25(37-3)29(39-5)26(17-21)38-4/h6-13,16-17,24,28H,14-15,18H2,1-5H3,(H,31,34). The Kier molecular flexibility index (Phi) is 8.81. The maximum atomic E-state index is 13.7. The molecule has 1 heterocycles. The van der Waals surface area contributed by atoms with E-state index in [-0.39, 0.29) is 18.2 Å². The molecule has 2 amide bonds. The number of carbonyl (C=O) groups is 2. The fourth-order valence-electron chi connectivity index (χ4n) is 4.92. The Hall–Kier alpha value is -4.40. The topological polar surface area (TPSA) is 95.6 Å². The fourth-order valence-corrected chi connectivity index (χ4v) is 4.92. The van der Waals surface area contributed by atoms with Crippen molar-refractivity contribution in [3.05, 3.63) is 71.8 Å². The molecule has 4 rings (SSSR count). The number of amides is 2. The molecule has 2 unspecified atom stereocenters. The fraction of sp³-hybridized carbons (Fsp3) is 0.333. The number of hydrogen-bond donors (Lipinski definition) is 1. The Morgan fingerprint density at radius 2 is 1.38 bits per heavy atom. The van der Waals surface area contributed by atoms with Gasteiger partial charge < -0.3 is 33.9 Å². The second kappa shape index (κ2) is 12.4. The quantitative estimate of drug-likeness (QED) is 0.408. The first-order valence-electron chi connectivity index (χ1n) is 12.6. The lowest BCUT2D eigenvalue weighted by molar-refractivity contribution is -0.129. The van der Waals surface area contributed by atoms with Crippen molar-refractivity contribution in [3.63, 3.8) is 0 Å². The highest BCUT2D eigenvalue weighted by Gasteiger charge is 2.42. The summed E-state index contributed by atoms with van der Waals surface area (Å²) in [4.78, 5) is 28.8. The monoisotopic (exact) mass is 534 g/mol. The zero-order valence-electron chi connectivity index (χ0n) is 22.9.